The Morgan fingerprint density at radius 2 is 2.05 bits per heavy atom. The molecule has 4 atom stereocenters. The molecule has 1 aromatic carbocycles. The van der Waals surface area contributed by atoms with Crippen molar-refractivity contribution in [3.8, 4) is 0 Å². The van der Waals surface area contributed by atoms with Gasteiger partial charge in [0.25, 0.3) is 0 Å². The van der Waals surface area contributed by atoms with Gasteiger partial charge in [-0.25, -0.2) is 0 Å². The normalized spacial score (nSPS) is 30.6. The highest BCUT2D eigenvalue weighted by molar-refractivity contribution is 5.54. The second-order valence-electron chi connectivity index (χ2n) is 6.55. The van der Waals surface area contributed by atoms with Crippen molar-refractivity contribution < 1.29 is 5.11 Å². The lowest BCUT2D eigenvalue weighted by molar-refractivity contribution is 0.199. The zero-order chi connectivity index (χ0) is 13.4. The van der Waals surface area contributed by atoms with Crippen LogP contribution < -0.4 is 4.90 Å². The van der Waals surface area contributed by atoms with Crippen molar-refractivity contribution in [1.82, 2.24) is 0 Å². The molecule has 1 N–H and O–H groups in total. The van der Waals surface area contributed by atoms with Gasteiger partial charge in [-0.3, -0.25) is 0 Å². The van der Waals surface area contributed by atoms with Crippen LogP contribution in [0.25, 0.3) is 0 Å². The standard InChI is InChI=1S/C17H25NO/c1-12(19)16-5-3-4-6-17(16)18(2)11-15-10-13-7-8-14(15)9-13/h3-6,12-15,19H,7-11H2,1-2H3/t12-,13?,14?,15?/m0/s1. The Kier molecular flexibility index (Phi) is 3.53. The number of aliphatic hydroxyl groups excluding tert-OH is 1. The Balaban J connectivity index is 1.72. The minimum atomic E-state index is -0.390. The Hall–Kier alpha value is -1.02. The van der Waals surface area contributed by atoms with Gasteiger partial charge in [-0.2, -0.15) is 0 Å². The highest BCUT2D eigenvalue weighted by Gasteiger charge is 2.39. The highest BCUT2D eigenvalue weighted by atomic mass is 16.3. The van der Waals surface area contributed by atoms with Gasteiger partial charge in [0, 0.05) is 24.8 Å². The van der Waals surface area contributed by atoms with Crippen LogP contribution in [-0.2, 0) is 0 Å². The Bertz CT molecular complexity index is 443. The first-order valence-corrected chi connectivity index (χ1v) is 7.63. The Labute approximate surface area is 116 Å². The van der Waals surface area contributed by atoms with Crippen LogP contribution in [0.15, 0.2) is 24.3 Å². The average molecular weight is 259 g/mol. The van der Waals surface area contributed by atoms with E-state index in [1.165, 1.54) is 31.4 Å². The van der Waals surface area contributed by atoms with Gasteiger partial charge in [0.1, 0.15) is 0 Å². The average Bonchev–Trinajstić information content (AvgIpc) is 3.01. The van der Waals surface area contributed by atoms with E-state index in [9.17, 15) is 5.11 Å². The van der Waals surface area contributed by atoms with E-state index in [1.54, 1.807) is 0 Å². The molecule has 2 fully saturated rings. The van der Waals surface area contributed by atoms with Crippen molar-refractivity contribution in [3.63, 3.8) is 0 Å². The maximum atomic E-state index is 9.89. The minimum absolute atomic E-state index is 0.390. The van der Waals surface area contributed by atoms with Crippen LogP contribution in [-0.4, -0.2) is 18.7 Å². The number of anilines is 1. The molecule has 0 saturated heterocycles. The molecule has 3 unspecified atom stereocenters. The van der Waals surface area contributed by atoms with E-state index < -0.39 is 6.10 Å². The molecule has 1 aromatic rings. The topological polar surface area (TPSA) is 23.5 Å². The molecule has 19 heavy (non-hydrogen) atoms. The van der Waals surface area contributed by atoms with Gasteiger partial charge in [0.05, 0.1) is 6.10 Å². The molecule has 2 bridgehead atoms. The van der Waals surface area contributed by atoms with E-state index in [4.69, 9.17) is 0 Å². The number of para-hydroxylation sites is 1. The first kappa shape index (κ1) is 13.0. The van der Waals surface area contributed by atoms with E-state index in [2.05, 4.69) is 24.1 Å². The van der Waals surface area contributed by atoms with Gasteiger partial charge in [-0.15, -0.1) is 0 Å². The molecule has 0 spiro atoms. The first-order chi connectivity index (χ1) is 9.15. The number of hydrogen-bond donors (Lipinski definition) is 1. The van der Waals surface area contributed by atoms with Gasteiger partial charge in [-0.1, -0.05) is 24.6 Å². The fraction of sp³-hybridized carbons (Fsp3) is 0.647. The van der Waals surface area contributed by atoms with Gasteiger partial charge < -0.3 is 10.0 Å². The van der Waals surface area contributed by atoms with Crippen LogP contribution in [0.4, 0.5) is 5.69 Å². The van der Waals surface area contributed by atoms with Gasteiger partial charge >= 0.3 is 0 Å². The second-order valence-corrected chi connectivity index (χ2v) is 6.55. The lowest BCUT2D eigenvalue weighted by Gasteiger charge is -2.30. The SMILES string of the molecule is C[C@H](O)c1ccccc1N(C)CC1CC2CCC1C2. The lowest BCUT2D eigenvalue weighted by Crippen LogP contribution is -2.29. The summed E-state index contributed by atoms with van der Waals surface area (Å²) < 4.78 is 0. The molecule has 3 rings (SSSR count). The summed E-state index contributed by atoms with van der Waals surface area (Å²) in [4.78, 5) is 2.35. The third-order valence-corrected chi connectivity index (χ3v) is 5.19. The first-order valence-electron chi connectivity index (χ1n) is 7.63. The lowest BCUT2D eigenvalue weighted by atomic mass is 9.88. The van der Waals surface area contributed by atoms with Crippen LogP contribution in [0.5, 0.6) is 0 Å². The monoisotopic (exact) mass is 259 g/mol. The molecule has 0 heterocycles. The summed E-state index contributed by atoms with van der Waals surface area (Å²) in [5, 5.41) is 9.89. The zero-order valence-corrected chi connectivity index (χ0v) is 12.0. The molecule has 2 aliphatic carbocycles. The summed E-state index contributed by atoms with van der Waals surface area (Å²) in [7, 11) is 2.17. The fourth-order valence-corrected chi connectivity index (χ4v) is 4.24. The predicted molar refractivity (Wildman–Crippen MR) is 79.3 cm³/mol. The summed E-state index contributed by atoms with van der Waals surface area (Å²) in [5.41, 5.74) is 2.24. The second kappa shape index (κ2) is 5.16. The summed E-state index contributed by atoms with van der Waals surface area (Å²) in [5.74, 6) is 2.84. The van der Waals surface area contributed by atoms with Crippen molar-refractivity contribution >= 4 is 5.69 Å². The van der Waals surface area contributed by atoms with Crippen molar-refractivity contribution in [2.24, 2.45) is 17.8 Å². The molecule has 2 saturated carbocycles. The summed E-state index contributed by atoms with van der Waals surface area (Å²) in [6.45, 7) is 3.00. The third kappa shape index (κ3) is 2.51. The van der Waals surface area contributed by atoms with E-state index in [0.29, 0.717) is 0 Å². The summed E-state index contributed by atoms with van der Waals surface area (Å²) in [6.07, 6.45) is 5.41. The van der Waals surface area contributed by atoms with Crippen LogP contribution in [0.2, 0.25) is 0 Å². The van der Waals surface area contributed by atoms with Crippen molar-refractivity contribution in [1.29, 1.82) is 0 Å². The fourth-order valence-electron chi connectivity index (χ4n) is 4.24. The number of fused-ring (bicyclic) bond motifs is 2. The molecule has 104 valence electrons. The summed E-state index contributed by atoms with van der Waals surface area (Å²) in [6, 6.07) is 8.25. The van der Waals surface area contributed by atoms with Crippen LogP contribution in [0.1, 0.15) is 44.3 Å². The Morgan fingerprint density at radius 1 is 1.26 bits per heavy atom. The molecule has 0 radical (unpaired) electrons. The van der Waals surface area contributed by atoms with Gasteiger partial charge in [-0.05, 0) is 50.0 Å². The molecule has 2 nitrogen and oxygen atoms in total. The molecule has 0 aromatic heterocycles. The van der Waals surface area contributed by atoms with Crippen LogP contribution >= 0.6 is 0 Å². The van der Waals surface area contributed by atoms with Crippen molar-refractivity contribution in [2.45, 2.75) is 38.7 Å². The van der Waals surface area contributed by atoms with Crippen LogP contribution in [0, 0.1) is 17.8 Å². The molecule has 2 heteroatoms. The summed E-state index contributed by atoms with van der Waals surface area (Å²) >= 11 is 0. The molecular weight excluding hydrogens is 234 g/mol. The van der Waals surface area contributed by atoms with E-state index in [0.717, 1.165) is 29.9 Å². The van der Waals surface area contributed by atoms with Gasteiger partial charge in [0.15, 0.2) is 0 Å². The number of benzene rings is 1. The predicted octanol–water partition coefficient (Wildman–Crippen LogP) is 3.61. The molecule has 0 aliphatic heterocycles. The number of nitrogens with zero attached hydrogens (tertiary/aromatic N) is 1. The number of hydrogen-bond acceptors (Lipinski definition) is 2. The Morgan fingerprint density at radius 3 is 2.68 bits per heavy atom. The van der Waals surface area contributed by atoms with E-state index >= 15 is 0 Å². The number of aliphatic hydroxyl groups is 1. The minimum Gasteiger partial charge on any atom is -0.389 e. The smallest absolute Gasteiger partial charge is 0.0781 e. The van der Waals surface area contributed by atoms with Gasteiger partial charge in [0.2, 0.25) is 0 Å². The largest absolute Gasteiger partial charge is 0.389 e. The van der Waals surface area contributed by atoms with Crippen molar-refractivity contribution in [3.05, 3.63) is 29.8 Å². The quantitative estimate of drug-likeness (QED) is 0.893. The maximum absolute atomic E-state index is 9.89. The molecule has 0 amide bonds. The number of rotatable bonds is 4. The molecular formula is C17H25NO. The third-order valence-electron chi connectivity index (χ3n) is 5.19. The van der Waals surface area contributed by atoms with Crippen LogP contribution in [0.3, 0.4) is 0 Å². The highest BCUT2D eigenvalue weighted by Crippen LogP contribution is 2.48. The van der Waals surface area contributed by atoms with E-state index in [-0.39, 0.29) is 0 Å². The zero-order valence-electron chi connectivity index (χ0n) is 12.0. The van der Waals surface area contributed by atoms with Crippen molar-refractivity contribution in [2.75, 3.05) is 18.5 Å². The van der Waals surface area contributed by atoms with E-state index in [1.807, 2.05) is 19.1 Å². The molecule has 2 aliphatic rings. The maximum Gasteiger partial charge on any atom is 0.0781 e.